The molecule has 2 rings (SSSR count). The van der Waals surface area contributed by atoms with Gasteiger partial charge in [0.15, 0.2) is 11.6 Å². The molecule has 0 aliphatic rings. The highest BCUT2D eigenvalue weighted by Gasteiger charge is 2.19. The Kier molecular flexibility index (Phi) is 4.81. The molecule has 5 heteroatoms. The van der Waals surface area contributed by atoms with Crippen molar-refractivity contribution in [2.75, 3.05) is 0 Å². The van der Waals surface area contributed by atoms with Crippen LogP contribution in [0.2, 0.25) is 5.02 Å². The third-order valence-corrected chi connectivity index (χ3v) is 3.40. The molecule has 0 amide bonds. The zero-order valence-electron chi connectivity index (χ0n) is 11.3. The van der Waals surface area contributed by atoms with Crippen LogP contribution in [0.4, 0.5) is 4.39 Å². The quantitative estimate of drug-likeness (QED) is 0.898. The summed E-state index contributed by atoms with van der Waals surface area (Å²) in [5.41, 5.74) is 1.19. The van der Waals surface area contributed by atoms with Gasteiger partial charge in [0.1, 0.15) is 6.61 Å². The van der Waals surface area contributed by atoms with Crippen LogP contribution in [0.1, 0.15) is 24.0 Å². The average Bonchev–Trinajstić information content (AvgIpc) is 2.46. The van der Waals surface area contributed by atoms with Gasteiger partial charge < -0.3 is 9.84 Å². The minimum Gasteiger partial charge on any atom is -0.484 e. The Labute approximate surface area is 126 Å². The van der Waals surface area contributed by atoms with Gasteiger partial charge in [0.25, 0.3) is 0 Å². The van der Waals surface area contributed by atoms with Gasteiger partial charge in [-0.25, -0.2) is 4.39 Å². The highest BCUT2D eigenvalue weighted by atomic mass is 35.5. The fraction of sp³-hybridized carbons (Fsp3) is 0.188. The lowest BCUT2D eigenvalue weighted by Gasteiger charge is -2.13. The Hall–Kier alpha value is -2.07. The zero-order chi connectivity index (χ0) is 15.4. The minimum atomic E-state index is -1.04. The van der Waals surface area contributed by atoms with Gasteiger partial charge in [-0.1, -0.05) is 41.9 Å². The molecule has 1 N–H and O–H groups in total. The van der Waals surface area contributed by atoms with E-state index in [1.807, 2.05) is 30.3 Å². The van der Waals surface area contributed by atoms with Gasteiger partial charge in [0, 0.05) is 0 Å². The van der Waals surface area contributed by atoms with E-state index < -0.39 is 17.7 Å². The van der Waals surface area contributed by atoms with Crippen molar-refractivity contribution < 1.29 is 19.0 Å². The lowest BCUT2D eigenvalue weighted by Crippen LogP contribution is -2.08. The van der Waals surface area contributed by atoms with E-state index in [1.165, 1.54) is 13.0 Å². The van der Waals surface area contributed by atoms with Crippen molar-refractivity contribution in [2.24, 2.45) is 0 Å². The fourth-order valence-corrected chi connectivity index (χ4v) is 2.11. The van der Waals surface area contributed by atoms with Crippen molar-refractivity contribution in [1.29, 1.82) is 0 Å². The molecule has 1 unspecified atom stereocenters. The van der Waals surface area contributed by atoms with Gasteiger partial charge in [-0.2, -0.15) is 0 Å². The summed E-state index contributed by atoms with van der Waals surface area (Å²) in [4.78, 5) is 10.9. The van der Waals surface area contributed by atoms with Crippen molar-refractivity contribution >= 4 is 17.6 Å². The maximum Gasteiger partial charge on any atom is 0.310 e. The van der Waals surface area contributed by atoms with Crippen molar-refractivity contribution in [3.63, 3.8) is 0 Å². The van der Waals surface area contributed by atoms with Crippen LogP contribution in [-0.4, -0.2) is 11.1 Å². The number of hydrogen-bond acceptors (Lipinski definition) is 2. The molecule has 0 radical (unpaired) electrons. The molecule has 2 aromatic carbocycles. The number of carboxylic acids is 1. The first-order valence-electron chi connectivity index (χ1n) is 6.37. The van der Waals surface area contributed by atoms with E-state index in [1.54, 1.807) is 0 Å². The second-order valence-electron chi connectivity index (χ2n) is 4.65. The summed E-state index contributed by atoms with van der Waals surface area (Å²) in [6, 6.07) is 11.9. The summed E-state index contributed by atoms with van der Waals surface area (Å²) < 4.78 is 19.4. The predicted octanol–water partition coefficient (Wildman–Crippen LogP) is 4.25. The lowest BCUT2D eigenvalue weighted by molar-refractivity contribution is -0.138. The molecule has 1 atom stereocenters. The number of aliphatic carboxylic acids is 1. The second kappa shape index (κ2) is 6.59. The standard InChI is InChI=1S/C16H14ClFO3/c1-10(16(19)20)12-7-13(17)15(14(18)8-12)21-9-11-5-3-2-4-6-11/h2-8,10H,9H2,1H3,(H,19,20). The minimum absolute atomic E-state index is 0.0639. The largest absolute Gasteiger partial charge is 0.484 e. The Bertz CT molecular complexity index is 620. The summed E-state index contributed by atoms with van der Waals surface area (Å²) in [5.74, 6) is -2.60. The first kappa shape index (κ1) is 15.3. The van der Waals surface area contributed by atoms with Crippen LogP contribution < -0.4 is 4.74 Å². The number of ether oxygens (including phenoxy) is 1. The number of benzene rings is 2. The topological polar surface area (TPSA) is 46.5 Å². The molecule has 0 fully saturated rings. The SMILES string of the molecule is CC(C(=O)O)c1cc(F)c(OCc2ccccc2)c(Cl)c1. The van der Waals surface area contributed by atoms with Gasteiger partial charge in [0.2, 0.25) is 0 Å². The van der Waals surface area contributed by atoms with E-state index in [0.717, 1.165) is 11.6 Å². The van der Waals surface area contributed by atoms with E-state index in [4.69, 9.17) is 21.4 Å². The third-order valence-electron chi connectivity index (χ3n) is 3.12. The molecule has 0 aliphatic heterocycles. The van der Waals surface area contributed by atoms with Gasteiger partial charge >= 0.3 is 5.97 Å². The number of rotatable bonds is 5. The smallest absolute Gasteiger partial charge is 0.310 e. The molecular weight excluding hydrogens is 295 g/mol. The van der Waals surface area contributed by atoms with E-state index in [0.29, 0.717) is 5.56 Å². The van der Waals surface area contributed by atoms with Gasteiger partial charge in [-0.05, 0) is 30.2 Å². The van der Waals surface area contributed by atoms with Crippen LogP contribution >= 0.6 is 11.6 Å². The second-order valence-corrected chi connectivity index (χ2v) is 5.06. The van der Waals surface area contributed by atoms with E-state index in [2.05, 4.69) is 0 Å². The van der Waals surface area contributed by atoms with E-state index in [-0.39, 0.29) is 17.4 Å². The monoisotopic (exact) mass is 308 g/mol. The zero-order valence-corrected chi connectivity index (χ0v) is 12.1. The molecule has 110 valence electrons. The third kappa shape index (κ3) is 3.73. The van der Waals surface area contributed by atoms with Gasteiger partial charge in [-0.3, -0.25) is 4.79 Å². The van der Waals surface area contributed by atoms with Crippen LogP contribution in [0.5, 0.6) is 5.75 Å². The van der Waals surface area contributed by atoms with E-state index in [9.17, 15) is 9.18 Å². The lowest BCUT2D eigenvalue weighted by atomic mass is 10.0. The molecule has 21 heavy (non-hydrogen) atoms. The van der Waals surface area contributed by atoms with E-state index >= 15 is 0 Å². The Morgan fingerprint density at radius 1 is 1.33 bits per heavy atom. The molecule has 0 aliphatic carbocycles. The first-order valence-corrected chi connectivity index (χ1v) is 6.75. The number of carbonyl (C=O) groups is 1. The van der Waals surface area contributed by atoms with Gasteiger partial charge in [0.05, 0.1) is 10.9 Å². The number of carboxylic acid groups (broad SMARTS) is 1. The normalized spacial score (nSPS) is 12.0. The molecular formula is C16H14ClFO3. The molecule has 0 bridgehead atoms. The summed E-state index contributed by atoms with van der Waals surface area (Å²) in [7, 11) is 0. The van der Waals surface area contributed by atoms with Crippen molar-refractivity contribution in [3.05, 3.63) is 64.4 Å². The summed E-state index contributed by atoms with van der Waals surface area (Å²) >= 11 is 5.99. The molecule has 0 aromatic heterocycles. The highest BCUT2D eigenvalue weighted by molar-refractivity contribution is 6.32. The van der Waals surface area contributed by atoms with Crippen molar-refractivity contribution in [1.82, 2.24) is 0 Å². The van der Waals surface area contributed by atoms with Crippen LogP contribution in [0.15, 0.2) is 42.5 Å². The van der Waals surface area contributed by atoms with Crippen LogP contribution in [0, 0.1) is 5.82 Å². The maximum absolute atomic E-state index is 14.0. The molecule has 0 spiro atoms. The number of halogens is 2. The predicted molar refractivity (Wildman–Crippen MR) is 78.2 cm³/mol. The summed E-state index contributed by atoms with van der Waals surface area (Å²) in [6.07, 6.45) is 0. The Morgan fingerprint density at radius 3 is 2.57 bits per heavy atom. The summed E-state index contributed by atoms with van der Waals surface area (Å²) in [5, 5.41) is 9.01. The van der Waals surface area contributed by atoms with Crippen LogP contribution in [0.3, 0.4) is 0 Å². The Morgan fingerprint density at radius 2 is 2.00 bits per heavy atom. The maximum atomic E-state index is 14.0. The Balaban J connectivity index is 2.19. The van der Waals surface area contributed by atoms with Crippen LogP contribution in [-0.2, 0) is 11.4 Å². The average molecular weight is 309 g/mol. The fourth-order valence-electron chi connectivity index (χ4n) is 1.84. The highest BCUT2D eigenvalue weighted by Crippen LogP contribution is 2.32. The summed E-state index contributed by atoms with van der Waals surface area (Å²) in [6.45, 7) is 1.66. The first-order chi connectivity index (χ1) is 9.99. The molecule has 2 aromatic rings. The molecule has 0 saturated carbocycles. The van der Waals surface area contributed by atoms with Crippen LogP contribution in [0.25, 0.3) is 0 Å². The van der Waals surface area contributed by atoms with Crippen molar-refractivity contribution in [2.45, 2.75) is 19.4 Å². The number of hydrogen-bond donors (Lipinski definition) is 1. The molecule has 0 saturated heterocycles. The van der Waals surface area contributed by atoms with Gasteiger partial charge in [-0.15, -0.1) is 0 Å². The molecule has 3 nitrogen and oxygen atoms in total. The molecule has 0 heterocycles. The van der Waals surface area contributed by atoms with Crippen molar-refractivity contribution in [3.8, 4) is 5.75 Å².